The van der Waals surface area contributed by atoms with Crippen LogP contribution in [0.2, 0.25) is 10.0 Å². The fourth-order valence-electron chi connectivity index (χ4n) is 1.67. The molecule has 0 saturated heterocycles. The van der Waals surface area contributed by atoms with E-state index in [1.54, 1.807) is 43.5 Å². The Bertz CT molecular complexity index is 567. The summed E-state index contributed by atoms with van der Waals surface area (Å²) < 4.78 is 5.14. The quantitative estimate of drug-likeness (QED) is 0.883. The smallest absolute Gasteiger partial charge is 0.122 e. The van der Waals surface area contributed by atoms with Gasteiger partial charge in [-0.3, -0.25) is 0 Å². The Morgan fingerprint density at radius 1 is 1.16 bits per heavy atom. The van der Waals surface area contributed by atoms with Crippen molar-refractivity contribution in [2.24, 2.45) is 0 Å². The van der Waals surface area contributed by atoms with E-state index in [9.17, 15) is 5.11 Å². The Kier molecular flexibility index (Phi) is 4.40. The van der Waals surface area contributed by atoms with E-state index in [1.807, 2.05) is 0 Å². The van der Waals surface area contributed by atoms with Crippen LogP contribution in [0.15, 0.2) is 36.4 Å². The first-order valence-electron chi connectivity index (χ1n) is 5.65. The number of anilines is 1. The molecular weight excluding hydrogens is 285 g/mol. The van der Waals surface area contributed by atoms with Crippen molar-refractivity contribution in [3.05, 3.63) is 52.0 Å². The number of rotatable bonds is 4. The van der Waals surface area contributed by atoms with Crippen LogP contribution in [0.4, 0.5) is 5.69 Å². The van der Waals surface area contributed by atoms with Gasteiger partial charge in [0, 0.05) is 23.2 Å². The van der Waals surface area contributed by atoms with E-state index >= 15 is 0 Å². The van der Waals surface area contributed by atoms with E-state index in [4.69, 9.17) is 27.9 Å². The van der Waals surface area contributed by atoms with E-state index in [1.165, 1.54) is 0 Å². The molecule has 0 unspecified atom stereocenters. The summed E-state index contributed by atoms with van der Waals surface area (Å²) in [6, 6.07) is 10.3. The molecule has 0 atom stereocenters. The number of hydrogen-bond donors (Lipinski definition) is 2. The molecule has 100 valence electrons. The highest BCUT2D eigenvalue weighted by molar-refractivity contribution is 6.33. The average Bonchev–Trinajstić information content (AvgIpc) is 2.40. The number of phenols is 1. The van der Waals surface area contributed by atoms with Crippen LogP contribution in [0.1, 0.15) is 5.56 Å². The average molecular weight is 298 g/mol. The van der Waals surface area contributed by atoms with Crippen molar-refractivity contribution in [1.29, 1.82) is 0 Å². The minimum Gasteiger partial charge on any atom is -0.508 e. The van der Waals surface area contributed by atoms with E-state index < -0.39 is 0 Å². The number of ether oxygens (including phenoxy) is 1. The van der Waals surface area contributed by atoms with E-state index in [0.29, 0.717) is 27.9 Å². The fourth-order valence-corrected chi connectivity index (χ4v) is 2.09. The fraction of sp³-hybridized carbons (Fsp3) is 0.143. The summed E-state index contributed by atoms with van der Waals surface area (Å²) in [5.74, 6) is 0.856. The van der Waals surface area contributed by atoms with Crippen molar-refractivity contribution in [3.8, 4) is 11.5 Å². The van der Waals surface area contributed by atoms with Gasteiger partial charge >= 0.3 is 0 Å². The lowest BCUT2D eigenvalue weighted by Gasteiger charge is -2.12. The third kappa shape index (κ3) is 3.25. The predicted octanol–water partition coefficient (Wildman–Crippen LogP) is 4.32. The summed E-state index contributed by atoms with van der Waals surface area (Å²) in [4.78, 5) is 0. The van der Waals surface area contributed by atoms with Gasteiger partial charge in [-0.15, -0.1) is 0 Å². The van der Waals surface area contributed by atoms with Crippen LogP contribution in [0, 0.1) is 0 Å². The first kappa shape index (κ1) is 13.8. The maximum atomic E-state index is 9.76. The van der Waals surface area contributed by atoms with Gasteiger partial charge < -0.3 is 15.2 Å². The molecular formula is C14H13Cl2NO2. The van der Waals surface area contributed by atoms with Gasteiger partial charge in [-0.25, -0.2) is 0 Å². The molecule has 2 N–H and O–H groups in total. The molecule has 0 aliphatic rings. The normalized spacial score (nSPS) is 10.3. The SMILES string of the molecule is COc1ccc(Cl)c(NCc2c(O)cccc2Cl)c1. The van der Waals surface area contributed by atoms with Gasteiger partial charge in [0.25, 0.3) is 0 Å². The van der Waals surface area contributed by atoms with Gasteiger partial charge in [0.1, 0.15) is 11.5 Å². The van der Waals surface area contributed by atoms with Crippen LogP contribution >= 0.6 is 23.2 Å². The lowest BCUT2D eigenvalue weighted by Crippen LogP contribution is -2.01. The summed E-state index contributed by atoms with van der Waals surface area (Å²) in [5, 5.41) is 14.0. The van der Waals surface area contributed by atoms with E-state index in [-0.39, 0.29) is 5.75 Å². The van der Waals surface area contributed by atoms with Gasteiger partial charge in [-0.1, -0.05) is 29.3 Å². The second-order valence-corrected chi connectivity index (χ2v) is 4.75. The van der Waals surface area contributed by atoms with E-state index in [0.717, 1.165) is 5.69 Å². The number of hydrogen-bond acceptors (Lipinski definition) is 3. The zero-order valence-corrected chi connectivity index (χ0v) is 11.8. The zero-order chi connectivity index (χ0) is 13.8. The molecule has 0 fully saturated rings. The molecule has 0 radical (unpaired) electrons. The predicted molar refractivity (Wildman–Crippen MR) is 78.4 cm³/mol. The van der Waals surface area contributed by atoms with Crippen molar-refractivity contribution in [2.45, 2.75) is 6.54 Å². The summed E-state index contributed by atoms with van der Waals surface area (Å²) in [6.07, 6.45) is 0. The van der Waals surface area contributed by atoms with Gasteiger partial charge in [0.15, 0.2) is 0 Å². The van der Waals surface area contributed by atoms with Crippen LogP contribution in [-0.4, -0.2) is 12.2 Å². The number of methoxy groups -OCH3 is 1. The van der Waals surface area contributed by atoms with E-state index in [2.05, 4.69) is 5.32 Å². The lowest BCUT2D eigenvalue weighted by atomic mass is 10.2. The van der Waals surface area contributed by atoms with Crippen LogP contribution in [0.25, 0.3) is 0 Å². The number of benzene rings is 2. The standard InChI is InChI=1S/C14H13Cl2NO2/c1-19-9-5-6-12(16)13(7-9)17-8-10-11(15)3-2-4-14(10)18/h2-7,17-18H,8H2,1H3. The summed E-state index contributed by atoms with van der Waals surface area (Å²) >= 11 is 12.1. The molecule has 0 aromatic heterocycles. The second kappa shape index (κ2) is 6.04. The Morgan fingerprint density at radius 3 is 2.63 bits per heavy atom. The number of nitrogens with one attached hydrogen (secondary N) is 1. The zero-order valence-electron chi connectivity index (χ0n) is 10.3. The highest BCUT2D eigenvalue weighted by Gasteiger charge is 2.07. The Labute approximate surface area is 121 Å². The summed E-state index contributed by atoms with van der Waals surface area (Å²) in [6.45, 7) is 0.373. The van der Waals surface area contributed by atoms with Gasteiger partial charge in [0.2, 0.25) is 0 Å². The molecule has 0 heterocycles. The third-order valence-electron chi connectivity index (χ3n) is 2.72. The van der Waals surface area contributed by atoms with Crippen LogP contribution in [0.5, 0.6) is 11.5 Å². The van der Waals surface area contributed by atoms with Crippen molar-refractivity contribution >= 4 is 28.9 Å². The van der Waals surface area contributed by atoms with Crippen LogP contribution in [-0.2, 0) is 6.54 Å². The molecule has 5 heteroatoms. The molecule has 2 rings (SSSR count). The molecule has 0 bridgehead atoms. The largest absolute Gasteiger partial charge is 0.508 e. The molecule has 2 aromatic carbocycles. The van der Waals surface area contributed by atoms with Gasteiger partial charge in [0.05, 0.1) is 17.8 Å². The summed E-state index contributed by atoms with van der Waals surface area (Å²) in [7, 11) is 1.59. The molecule has 3 nitrogen and oxygen atoms in total. The highest BCUT2D eigenvalue weighted by atomic mass is 35.5. The highest BCUT2D eigenvalue weighted by Crippen LogP contribution is 2.30. The number of phenolic OH excluding ortho intramolecular Hbond substituents is 1. The lowest BCUT2D eigenvalue weighted by molar-refractivity contribution is 0.415. The van der Waals surface area contributed by atoms with Gasteiger partial charge in [-0.05, 0) is 24.3 Å². The Hall–Kier alpha value is -1.58. The number of halogens is 2. The molecule has 2 aromatic rings. The maximum Gasteiger partial charge on any atom is 0.122 e. The van der Waals surface area contributed by atoms with Crippen LogP contribution < -0.4 is 10.1 Å². The number of aromatic hydroxyl groups is 1. The van der Waals surface area contributed by atoms with Crippen LogP contribution in [0.3, 0.4) is 0 Å². The minimum atomic E-state index is 0.152. The molecule has 0 amide bonds. The molecule has 0 aliphatic carbocycles. The second-order valence-electron chi connectivity index (χ2n) is 3.94. The topological polar surface area (TPSA) is 41.5 Å². The Balaban J connectivity index is 2.19. The summed E-state index contributed by atoms with van der Waals surface area (Å²) in [5.41, 5.74) is 1.35. The minimum absolute atomic E-state index is 0.152. The van der Waals surface area contributed by atoms with Crippen molar-refractivity contribution in [3.63, 3.8) is 0 Å². The molecule has 0 spiro atoms. The molecule has 19 heavy (non-hydrogen) atoms. The third-order valence-corrected chi connectivity index (χ3v) is 3.41. The molecule has 0 saturated carbocycles. The van der Waals surface area contributed by atoms with Crippen molar-refractivity contribution in [1.82, 2.24) is 0 Å². The Morgan fingerprint density at radius 2 is 1.95 bits per heavy atom. The first-order valence-corrected chi connectivity index (χ1v) is 6.41. The van der Waals surface area contributed by atoms with Crippen molar-refractivity contribution < 1.29 is 9.84 Å². The molecule has 0 aliphatic heterocycles. The maximum absolute atomic E-state index is 9.76. The monoisotopic (exact) mass is 297 g/mol. The first-order chi connectivity index (χ1) is 9.11. The van der Waals surface area contributed by atoms with Crippen molar-refractivity contribution in [2.75, 3.05) is 12.4 Å². The van der Waals surface area contributed by atoms with Gasteiger partial charge in [-0.2, -0.15) is 0 Å².